The molecule has 4 nitrogen and oxygen atoms in total. The van der Waals surface area contributed by atoms with Crippen LogP contribution >= 0.6 is 15.9 Å². The van der Waals surface area contributed by atoms with Gasteiger partial charge in [0.05, 0.1) is 15.8 Å². The maximum atomic E-state index is 13.2. The lowest BCUT2D eigenvalue weighted by Gasteiger charge is -2.05. The summed E-state index contributed by atoms with van der Waals surface area (Å²) in [7, 11) is 0. The molecule has 0 fully saturated rings. The molecule has 0 spiro atoms. The molecule has 0 saturated carbocycles. The normalized spacial score (nSPS) is 10.4. The quantitative estimate of drug-likeness (QED) is 0.792. The first-order valence-corrected chi connectivity index (χ1v) is 4.57. The van der Waals surface area contributed by atoms with Crippen molar-refractivity contribution in [3.05, 3.63) is 35.1 Å². The van der Waals surface area contributed by atoms with Crippen LogP contribution < -0.4 is 5.73 Å². The fourth-order valence-electron chi connectivity index (χ4n) is 1.08. The summed E-state index contributed by atoms with van der Waals surface area (Å²) >= 11 is 3.04. The minimum atomic E-state index is -0.385. The van der Waals surface area contributed by atoms with Crippen molar-refractivity contribution in [3.8, 4) is 5.69 Å². The highest BCUT2D eigenvalue weighted by Crippen LogP contribution is 2.24. The van der Waals surface area contributed by atoms with Crippen LogP contribution in [0, 0.1) is 5.82 Å². The van der Waals surface area contributed by atoms with Crippen LogP contribution in [-0.2, 0) is 0 Å². The summed E-state index contributed by atoms with van der Waals surface area (Å²) in [5, 5.41) is 3.86. The molecule has 72 valence electrons. The molecule has 0 aliphatic heterocycles. The van der Waals surface area contributed by atoms with E-state index in [-0.39, 0.29) is 5.82 Å². The average molecular weight is 257 g/mol. The van der Waals surface area contributed by atoms with Gasteiger partial charge >= 0.3 is 0 Å². The molecule has 0 aliphatic carbocycles. The molecule has 2 N–H and O–H groups in total. The molecular formula is C8H6BrFN4. The van der Waals surface area contributed by atoms with Crippen molar-refractivity contribution in [2.75, 3.05) is 5.73 Å². The number of nitrogen functional groups attached to an aromatic ring is 1. The molecular weight excluding hydrogens is 251 g/mol. The van der Waals surface area contributed by atoms with Crippen LogP contribution in [0.1, 0.15) is 0 Å². The zero-order valence-electron chi connectivity index (χ0n) is 6.98. The Hall–Kier alpha value is -1.43. The molecule has 6 heteroatoms. The molecule has 1 aromatic heterocycles. The Labute approximate surface area is 87.7 Å². The van der Waals surface area contributed by atoms with Gasteiger partial charge in [0.1, 0.15) is 18.5 Å². The molecule has 1 heterocycles. The number of hydrogen-bond donors (Lipinski definition) is 1. The Morgan fingerprint density at radius 3 is 2.86 bits per heavy atom. The second-order valence-electron chi connectivity index (χ2n) is 2.67. The van der Waals surface area contributed by atoms with E-state index in [1.165, 1.54) is 29.5 Å². The zero-order chi connectivity index (χ0) is 10.1. The van der Waals surface area contributed by atoms with Gasteiger partial charge in [0.15, 0.2) is 0 Å². The van der Waals surface area contributed by atoms with Gasteiger partial charge in [0.25, 0.3) is 0 Å². The number of aromatic nitrogens is 3. The van der Waals surface area contributed by atoms with Gasteiger partial charge in [0, 0.05) is 6.07 Å². The first-order chi connectivity index (χ1) is 6.68. The maximum Gasteiger partial charge on any atom is 0.139 e. The molecule has 0 unspecified atom stereocenters. The van der Waals surface area contributed by atoms with E-state index in [9.17, 15) is 4.39 Å². The lowest BCUT2D eigenvalue weighted by Crippen LogP contribution is -2.01. The van der Waals surface area contributed by atoms with E-state index in [1.807, 2.05) is 0 Å². The Morgan fingerprint density at radius 1 is 1.43 bits per heavy atom. The lowest BCUT2D eigenvalue weighted by molar-refractivity contribution is 0.619. The summed E-state index contributed by atoms with van der Waals surface area (Å²) in [5.74, 6) is -0.385. The summed E-state index contributed by atoms with van der Waals surface area (Å²) in [6.45, 7) is 0. The van der Waals surface area contributed by atoms with E-state index in [0.29, 0.717) is 15.8 Å². The Kier molecular flexibility index (Phi) is 2.20. The second-order valence-corrected chi connectivity index (χ2v) is 3.52. The van der Waals surface area contributed by atoms with Crippen molar-refractivity contribution in [3.63, 3.8) is 0 Å². The predicted octanol–water partition coefficient (Wildman–Crippen LogP) is 1.75. The largest absolute Gasteiger partial charge is 0.397 e. The summed E-state index contributed by atoms with van der Waals surface area (Å²) in [5.41, 5.74) is 6.61. The second kappa shape index (κ2) is 3.38. The highest BCUT2D eigenvalue weighted by Gasteiger charge is 2.07. The first kappa shape index (κ1) is 9.14. The van der Waals surface area contributed by atoms with Gasteiger partial charge in [-0.05, 0) is 22.0 Å². The van der Waals surface area contributed by atoms with Gasteiger partial charge in [-0.15, -0.1) is 0 Å². The summed E-state index contributed by atoms with van der Waals surface area (Å²) in [6.07, 6.45) is 2.82. The van der Waals surface area contributed by atoms with Crippen LogP contribution in [0.4, 0.5) is 10.1 Å². The molecule has 0 amide bonds. The molecule has 0 saturated heterocycles. The van der Waals surface area contributed by atoms with Gasteiger partial charge in [-0.1, -0.05) is 0 Å². The van der Waals surface area contributed by atoms with Crippen molar-refractivity contribution in [2.45, 2.75) is 0 Å². The van der Waals surface area contributed by atoms with Gasteiger partial charge in [-0.3, -0.25) is 0 Å². The van der Waals surface area contributed by atoms with Crippen molar-refractivity contribution in [1.29, 1.82) is 0 Å². The van der Waals surface area contributed by atoms with E-state index in [4.69, 9.17) is 5.73 Å². The van der Waals surface area contributed by atoms with Gasteiger partial charge in [-0.25, -0.2) is 14.1 Å². The number of hydrogen-bond acceptors (Lipinski definition) is 3. The molecule has 0 radical (unpaired) electrons. The molecule has 1 aromatic carbocycles. The molecule has 0 atom stereocenters. The number of nitrogens with zero attached hydrogens (tertiary/aromatic N) is 3. The summed E-state index contributed by atoms with van der Waals surface area (Å²) < 4.78 is 14.9. The predicted molar refractivity (Wildman–Crippen MR) is 53.4 cm³/mol. The number of nitrogens with two attached hydrogens (primary N) is 1. The Balaban J connectivity index is 2.60. The van der Waals surface area contributed by atoms with E-state index < -0.39 is 0 Å². The number of halogens is 2. The van der Waals surface area contributed by atoms with Gasteiger partial charge in [0.2, 0.25) is 0 Å². The SMILES string of the molecule is Nc1cc(Br)c(F)cc1-n1cncn1. The van der Waals surface area contributed by atoms with Crippen LogP contribution in [0.25, 0.3) is 5.69 Å². The third-order valence-electron chi connectivity index (χ3n) is 1.74. The Morgan fingerprint density at radius 2 is 2.21 bits per heavy atom. The minimum absolute atomic E-state index is 0.332. The van der Waals surface area contributed by atoms with Crippen molar-refractivity contribution < 1.29 is 4.39 Å². The van der Waals surface area contributed by atoms with Crippen LogP contribution in [-0.4, -0.2) is 14.8 Å². The minimum Gasteiger partial charge on any atom is -0.397 e. The zero-order valence-corrected chi connectivity index (χ0v) is 8.57. The van der Waals surface area contributed by atoms with Crippen molar-refractivity contribution >= 4 is 21.6 Å². The molecule has 2 rings (SSSR count). The topological polar surface area (TPSA) is 56.7 Å². The number of anilines is 1. The monoisotopic (exact) mass is 256 g/mol. The number of rotatable bonds is 1. The number of benzene rings is 1. The standard InChI is InChI=1S/C8H6BrFN4/c9-5-1-7(11)8(2-6(5)10)14-4-12-3-13-14/h1-4H,11H2. The van der Waals surface area contributed by atoms with E-state index in [2.05, 4.69) is 26.0 Å². The fraction of sp³-hybridized carbons (Fsp3) is 0. The Bertz CT molecular complexity index is 455. The molecule has 14 heavy (non-hydrogen) atoms. The molecule has 2 aromatic rings. The average Bonchev–Trinajstić information content (AvgIpc) is 2.64. The lowest BCUT2D eigenvalue weighted by atomic mass is 10.2. The van der Waals surface area contributed by atoms with Gasteiger partial charge < -0.3 is 5.73 Å². The van der Waals surface area contributed by atoms with Crippen LogP contribution in [0.3, 0.4) is 0 Å². The summed E-state index contributed by atoms with van der Waals surface area (Å²) in [6, 6.07) is 2.79. The van der Waals surface area contributed by atoms with E-state index in [0.717, 1.165) is 0 Å². The highest BCUT2D eigenvalue weighted by atomic mass is 79.9. The molecule has 0 bridgehead atoms. The first-order valence-electron chi connectivity index (χ1n) is 3.78. The van der Waals surface area contributed by atoms with Crippen LogP contribution in [0.5, 0.6) is 0 Å². The van der Waals surface area contributed by atoms with Crippen molar-refractivity contribution in [1.82, 2.24) is 14.8 Å². The summed E-state index contributed by atoms with van der Waals surface area (Å²) in [4.78, 5) is 3.75. The van der Waals surface area contributed by atoms with E-state index in [1.54, 1.807) is 0 Å². The smallest absolute Gasteiger partial charge is 0.139 e. The third-order valence-corrected chi connectivity index (χ3v) is 2.34. The fourth-order valence-corrected chi connectivity index (χ4v) is 1.44. The van der Waals surface area contributed by atoms with Crippen LogP contribution in [0.15, 0.2) is 29.3 Å². The van der Waals surface area contributed by atoms with Gasteiger partial charge in [-0.2, -0.15) is 5.10 Å². The highest BCUT2D eigenvalue weighted by molar-refractivity contribution is 9.10. The maximum absolute atomic E-state index is 13.2. The van der Waals surface area contributed by atoms with E-state index >= 15 is 0 Å². The third kappa shape index (κ3) is 1.48. The molecule has 0 aliphatic rings. The van der Waals surface area contributed by atoms with Crippen LogP contribution in [0.2, 0.25) is 0 Å². The van der Waals surface area contributed by atoms with Crippen molar-refractivity contribution in [2.24, 2.45) is 0 Å².